The summed E-state index contributed by atoms with van der Waals surface area (Å²) in [6, 6.07) is 21.2. The molecule has 0 spiro atoms. The molecule has 9 heteroatoms. The van der Waals surface area contributed by atoms with Gasteiger partial charge in [0.15, 0.2) is 0 Å². The number of rotatable bonds is 6. The minimum Gasteiger partial charge on any atom is -0.301 e. The van der Waals surface area contributed by atoms with E-state index in [9.17, 15) is 23.2 Å². The lowest BCUT2D eigenvalue weighted by atomic mass is 9.88. The minimum atomic E-state index is -0.646. The zero-order valence-electron chi connectivity index (χ0n) is 22.6. The van der Waals surface area contributed by atoms with Crippen LogP contribution in [0, 0.1) is 11.6 Å². The van der Waals surface area contributed by atoms with Crippen molar-refractivity contribution in [2.45, 2.75) is 19.4 Å². The molecule has 5 aromatic rings. The van der Waals surface area contributed by atoms with E-state index in [0.29, 0.717) is 36.1 Å². The predicted molar refractivity (Wildman–Crippen MR) is 161 cm³/mol. The molecule has 1 saturated heterocycles. The van der Waals surface area contributed by atoms with E-state index in [1.807, 2.05) is 0 Å². The first-order valence-electron chi connectivity index (χ1n) is 13.7. The SMILES string of the molecule is O=C(c1ccccc1)n1c(=O)n(CCN2CCC(=C(c3ccc(F)cc3)c3ccc(F)cc3)CC2)c(=O)c2cscc21. The topological polar surface area (TPSA) is 64.3 Å². The lowest BCUT2D eigenvalue weighted by Gasteiger charge is -2.30. The van der Waals surface area contributed by atoms with Crippen LogP contribution >= 0.6 is 11.3 Å². The molecule has 0 radical (unpaired) electrons. The zero-order valence-corrected chi connectivity index (χ0v) is 23.4. The third-order valence-electron chi connectivity index (χ3n) is 7.72. The van der Waals surface area contributed by atoms with Gasteiger partial charge in [-0.3, -0.25) is 14.2 Å². The summed E-state index contributed by atoms with van der Waals surface area (Å²) in [5.41, 5.74) is 3.52. The van der Waals surface area contributed by atoms with Gasteiger partial charge >= 0.3 is 5.69 Å². The van der Waals surface area contributed by atoms with E-state index in [4.69, 9.17) is 0 Å². The molecule has 0 amide bonds. The molecule has 0 saturated carbocycles. The van der Waals surface area contributed by atoms with E-state index in [2.05, 4.69) is 4.90 Å². The monoisotopic (exact) mass is 583 g/mol. The number of hydrogen-bond acceptors (Lipinski definition) is 5. The molecular weight excluding hydrogens is 556 g/mol. The second-order valence-corrected chi connectivity index (χ2v) is 11.0. The van der Waals surface area contributed by atoms with Crippen molar-refractivity contribution in [2.24, 2.45) is 0 Å². The summed E-state index contributed by atoms with van der Waals surface area (Å²) in [6.07, 6.45) is 1.44. The third-order valence-corrected chi connectivity index (χ3v) is 8.45. The van der Waals surface area contributed by atoms with Crippen LogP contribution in [-0.2, 0) is 6.54 Å². The molecule has 2 aromatic heterocycles. The van der Waals surface area contributed by atoms with Crippen molar-refractivity contribution in [1.29, 1.82) is 0 Å². The normalized spacial score (nSPS) is 13.9. The summed E-state index contributed by atoms with van der Waals surface area (Å²) in [4.78, 5) is 42.3. The number of aromatic nitrogens is 2. The maximum Gasteiger partial charge on any atom is 0.338 e. The van der Waals surface area contributed by atoms with Crippen LogP contribution in [0.15, 0.2) is 105 Å². The number of piperidine rings is 1. The molecule has 1 fully saturated rings. The number of nitrogens with zero attached hydrogens (tertiary/aromatic N) is 3. The minimum absolute atomic E-state index is 0.146. The fourth-order valence-corrected chi connectivity index (χ4v) is 6.32. The Balaban J connectivity index is 1.25. The number of hydrogen-bond donors (Lipinski definition) is 0. The van der Waals surface area contributed by atoms with Gasteiger partial charge in [-0.15, -0.1) is 11.3 Å². The Labute approximate surface area is 244 Å². The van der Waals surface area contributed by atoms with Crippen molar-refractivity contribution in [3.8, 4) is 0 Å². The molecule has 1 aliphatic rings. The van der Waals surface area contributed by atoms with Crippen molar-refractivity contribution in [1.82, 2.24) is 14.0 Å². The highest BCUT2D eigenvalue weighted by atomic mass is 32.1. The van der Waals surface area contributed by atoms with E-state index in [1.54, 1.807) is 65.4 Å². The maximum absolute atomic E-state index is 13.7. The number of fused-ring (bicyclic) bond motifs is 1. The average molecular weight is 584 g/mol. The Kier molecular flexibility index (Phi) is 7.78. The Morgan fingerprint density at radius 2 is 1.33 bits per heavy atom. The van der Waals surface area contributed by atoms with Gasteiger partial charge in [-0.25, -0.2) is 18.1 Å². The van der Waals surface area contributed by atoms with Gasteiger partial charge < -0.3 is 4.90 Å². The number of carbonyl (C=O) groups excluding carboxylic acids is 1. The summed E-state index contributed by atoms with van der Waals surface area (Å²) in [5, 5.41) is 3.67. The number of carbonyl (C=O) groups is 1. The molecule has 42 heavy (non-hydrogen) atoms. The number of halogens is 2. The van der Waals surface area contributed by atoms with Crippen molar-refractivity contribution >= 4 is 33.7 Å². The van der Waals surface area contributed by atoms with Gasteiger partial charge in [0.05, 0.1) is 10.9 Å². The van der Waals surface area contributed by atoms with Crippen LogP contribution in [0.2, 0.25) is 0 Å². The van der Waals surface area contributed by atoms with Gasteiger partial charge in [0.1, 0.15) is 11.6 Å². The first-order valence-corrected chi connectivity index (χ1v) is 14.6. The average Bonchev–Trinajstić information content (AvgIpc) is 3.50. The van der Waals surface area contributed by atoms with Gasteiger partial charge in [0.25, 0.3) is 11.5 Å². The maximum atomic E-state index is 13.7. The molecule has 0 bridgehead atoms. The van der Waals surface area contributed by atoms with Crippen LogP contribution in [0.1, 0.15) is 34.3 Å². The molecule has 0 atom stereocenters. The molecule has 0 N–H and O–H groups in total. The fraction of sp³-hybridized carbons (Fsp3) is 0.182. The molecule has 0 unspecified atom stereocenters. The number of benzene rings is 3. The quantitative estimate of drug-likeness (QED) is 0.254. The zero-order chi connectivity index (χ0) is 29.2. The fourth-order valence-electron chi connectivity index (χ4n) is 5.53. The van der Waals surface area contributed by atoms with E-state index >= 15 is 0 Å². The molecule has 3 heterocycles. The highest BCUT2D eigenvalue weighted by Gasteiger charge is 2.22. The number of thiophene rings is 1. The van der Waals surface area contributed by atoms with E-state index < -0.39 is 17.2 Å². The Morgan fingerprint density at radius 1 is 0.738 bits per heavy atom. The standard InChI is InChI=1S/C33H27F2N3O3S/c34-26-10-6-22(7-11-26)30(23-8-12-27(35)13-9-23)24-14-16-36(17-15-24)18-19-37-32(40)28-20-42-21-29(28)38(33(37)41)31(39)25-4-2-1-3-5-25/h1-13,20-21H,14-19H2. The van der Waals surface area contributed by atoms with Crippen LogP contribution < -0.4 is 11.2 Å². The van der Waals surface area contributed by atoms with Gasteiger partial charge in [-0.05, 0) is 65.9 Å². The van der Waals surface area contributed by atoms with E-state index in [1.165, 1.54) is 41.2 Å². The van der Waals surface area contributed by atoms with Crippen LogP contribution in [0.5, 0.6) is 0 Å². The molecule has 212 valence electrons. The summed E-state index contributed by atoms with van der Waals surface area (Å²) in [5.74, 6) is -1.12. The van der Waals surface area contributed by atoms with Gasteiger partial charge in [0, 0.05) is 42.5 Å². The van der Waals surface area contributed by atoms with E-state index in [0.717, 1.165) is 38.7 Å². The predicted octanol–water partition coefficient (Wildman–Crippen LogP) is 5.79. The van der Waals surface area contributed by atoms with Crippen LogP contribution in [-0.4, -0.2) is 39.6 Å². The molecule has 1 aliphatic heterocycles. The van der Waals surface area contributed by atoms with Crippen LogP contribution in [0.3, 0.4) is 0 Å². The Bertz CT molecular complexity index is 1850. The van der Waals surface area contributed by atoms with Crippen molar-refractivity contribution in [3.63, 3.8) is 0 Å². The van der Waals surface area contributed by atoms with Crippen LogP contribution in [0.25, 0.3) is 16.5 Å². The Morgan fingerprint density at radius 3 is 1.93 bits per heavy atom. The summed E-state index contributed by atoms with van der Waals surface area (Å²) >= 11 is 1.28. The summed E-state index contributed by atoms with van der Waals surface area (Å²) < 4.78 is 29.6. The van der Waals surface area contributed by atoms with Gasteiger partial charge in [-0.1, -0.05) is 48.0 Å². The number of likely N-dealkylation sites (tertiary alicyclic amines) is 1. The molecular formula is C33H27F2N3O3S. The second kappa shape index (κ2) is 11.8. The van der Waals surface area contributed by atoms with Crippen molar-refractivity contribution in [2.75, 3.05) is 19.6 Å². The van der Waals surface area contributed by atoms with Crippen molar-refractivity contribution < 1.29 is 13.6 Å². The van der Waals surface area contributed by atoms with Gasteiger partial charge in [-0.2, -0.15) is 0 Å². The lowest BCUT2D eigenvalue weighted by molar-refractivity contribution is 0.0957. The molecule has 3 aromatic carbocycles. The Hall–Kier alpha value is -4.47. The molecule has 6 nitrogen and oxygen atoms in total. The van der Waals surface area contributed by atoms with E-state index in [-0.39, 0.29) is 18.2 Å². The highest BCUT2D eigenvalue weighted by Crippen LogP contribution is 2.32. The molecule has 0 aliphatic carbocycles. The summed E-state index contributed by atoms with van der Waals surface area (Å²) in [7, 11) is 0. The lowest BCUT2D eigenvalue weighted by Crippen LogP contribution is -2.45. The first kappa shape index (κ1) is 27.7. The second-order valence-electron chi connectivity index (χ2n) is 10.3. The highest BCUT2D eigenvalue weighted by molar-refractivity contribution is 7.09. The van der Waals surface area contributed by atoms with Crippen molar-refractivity contribution in [3.05, 3.63) is 144 Å². The van der Waals surface area contributed by atoms with Gasteiger partial charge in [0.2, 0.25) is 0 Å². The smallest absolute Gasteiger partial charge is 0.301 e. The first-order chi connectivity index (χ1) is 20.4. The third kappa shape index (κ3) is 5.41. The largest absolute Gasteiger partial charge is 0.338 e. The van der Waals surface area contributed by atoms with Crippen LogP contribution in [0.4, 0.5) is 8.78 Å². The molecule has 6 rings (SSSR count). The summed E-state index contributed by atoms with van der Waals surface area (Å²) in [6.45, 7) is 1.98.